The van der Waals surface area contributed by atoms with Crippen LogP contribution in [0.1, 0.15) is 67.8 Å². The molecule has 3 aromatic rings. The molecule has 2 aliphatic carbocycles. The molecule has 2 aliphatic rings. The first-order valence-corrected chi connectivity index (χ1v) is 10.7. The van der Waals surface area contributed by atoms with E-state index in [1.807, 2.05) is 12.1 Å². The Morgan fingerprint density at radius 3 is 2.61 bits per heavy atom. The van der Waals surface area contributed by atoms with Gasteiger partial charge in [-0.2, -0.15) is 5.21 Å². The number of aromatic nitrogens is 5. The molecule has 0 bridgehead atoms. The van der Waals surface area contributed by atoms with Crippen LogP contribution in [0.2, 0.25) is 5.02 Å². The molecule has 144 valence electrons. The second-order valence-electron chi connectivity index (χ2n) is 7.96. The Morgan fingerprint density at radius 1 is 0.964 bits per heavy atom. The highest BCUT2D eigenvalue weighted by atomic mass is 35.5. The van der Waals surface area contributed by atoms with E-state index >= 15 is 0 Å². The third-order valence-corrected chi connectivity index (χ3v) is 6.41. The van der Waals surface area contributed by atoms with Crippen LogP contribution in [-0.4, -0.2) is 25.6 Å². The summed E-state index contributed by atoms with van der Waals surface area (Å²) >= 11 is 6.39. The summed E-state index contributed by atoms with van der Waals surface area (Å²) in [5, 5.41) is 16.0. The minimum absolute atomic E-state index is 0.472. The van der Waals surface area contributed by atoms with Gasteiger partial charge in [-0.1, -0.05) is 43.0 Å². The van der Waals surface area contributed by atoms with E-state index in [4.69, 9.17) is 16.6 Å². The van der Waals surface area contributed by atoms with E-state index in [0.717, 1.165) is 34.7 Å². The van der Waals surface area contributed by atoms with Crippen LogP contribution >= 0.6 is 11.6 Å². The zero-order chi connectivity index (χ0) is 18.9. The van der Waals surface area contributed by atoms with E-state index in [2.05, 4.69) is 32.8 Å². The number of fused-ring (bicyclic) bond motifs is 1. The number of nitrogens with one attached hydrogen (secondary N) is 1. The molecule has 2 heterocycles. The van der Waals surface area contributed by atoms with Crippen LogP contribution in [0.5, 0.6) is 0 Å². The van der Waals surface area contributed by atoms with E-state index in [1.54, 1.807) is 0 Å². The lowest BCUT2D eigenvalue weighted by atomic mass is 9.86. The fourth-order valence-electron chi connectivity index (χ4n) is 4.89. The number of benzene rings is 1. The summed E-state index contributed by atoms with van der Waals surface area (Å²) in [5.74, 6) is 1.12. The number of hydrogen-bond acceptors (Lipinski definition) is 4. The molecule has 28 heavy (non-hydrogen) atoms. The molecular weight excluding hydrogens is 370 g/mol. The molecule has 5 rings (SSSR count). The molecule has 0 unspecified atom stereocenters. The molecule has 1 N–H and O–H groups in total. The maximum Gasteiger partial charge on any atom is 0.207 e. The third kappa shape index (κ3) is 3.22. The Kier molecular flexibility index (Phi) is 4.85. The van der Waals surface area contributed by atoms with Gasteiger partial charge in [0, 0.05) is 16.6 Å². The molecule has 0 atom stereocenters. The topological polar surface area (TPSA) is 67.3 Å². The van der Waals surface area contributed by atoms with Gasteiger partial charge in [0.25, 0.3) is 0 Å². The van der Waals surface area contributed by atoms with Crippen molar-refractivity contribution in [2.75, 3.05) is 0 Å². The SMILES string of the molecule is Clc1cccc(-c2c3c(nc(C4CCCC4)c2-c2nn[nH]n2)CCCCC3)c1. The van der Waals surface area contributed by atoms with Gasteiger partial charge in [-0.15, -0.1) is 10.2 Å². The number of halogens is 1. The van der Waals surface area contributed by atoms with E-state index in [9.17, 15) is 0 Å². The minimum Gasteiger partial charge on any atom is -0.256 e. The third-order valence-electron chi connectivity index (χ3n) is 6.18. The average molecular weight is 394 g/mol. The van der Waals surface area contributed by atoms with Crippen LogP contribution < -0.4 is 0 Å². The molecular formula is C22H24ClN5. The number of hydrogen-bond donors (Lipinski definition) is 1. The maximum absolute atomic E-state index is 6.39. The Hall–Kier alpha value is -2.27. The fourth-order valence-corrected chi connectivity index (χ4v) is 5.08. The molecule has 1 fully saturated rings. The monoisotopic (exact) mass is 393 g/mol. The lowest BCUT2D eigenvalue weighted by Gasteiger charge is -2.22. The number of aryl methyl sites for hydroxylation is 1. The van der Waals surface area contributed by atoms with Crippen LogP contribution in [0.4, 0.5) is 0 Å². The van der Waals surface area contributed by atoms with Crippen molar-refractivity contribution >= 4 is 11.6 Å². The first-order valence-electron chi connectivity index (χ1n) is 10.4. The summed E-state index contributed by atoms with van der Waals surface area (Å²) in [6, 6.07) is 8.16. The van der Waals surface area contributed by atoms with Gasteiger partial charge in [-0.3, -0.25) is 4.98 Å². The van der Waals surface area contributed by atoms with Crippen molar-refractivity contribution in [2.24, 2.45) is 0 Å². The van der Waals surface area contributed by atoms with Crippen LogP contribution in [0.25, 0.3) is 22.5 Å². The van der Waals surface area contributed by atoms with Crippen molar-refractivity contribution in [1.82, 2.24) is 25.6 Å². The van der Waals surface area contributed by atoms with E-state index in [1.165, 1.54) is 61.8 Å². The summed E-state index contributed by atoms with van der Waals surface area (Å²) in [4.78, 5) is 5.27. The molecule has 6 heteroatoms. The van der Waals surface area contributed by atoms with Crippen LogP contribution in [0, 0.1) is 0 Å². The van der Waals surface area contributed by atoms with Gasteiger partial charge in [-0.25, -0.2) is 0 Å². The quantitative estimate of drug-likeness (QED) is 0.596. The minimum atomic E-state index is 0.472. The number of aromatic amines is 1. The van der Waals surface area contributed by atoms with Crippen LogP contribution in [-0.2, 0) is 12.8 Å². The number of pyridine rings is 1. The maximum atomic E-state index is 6.39. The highest BCUT2D eigenvalue weighted by Gasteiger charge is 2.30. The second-order valence-corrected chi connectivity index (χ2v) is 8.40. The van der Waals surface area contributed by atoms with E-state index in [-0.39, 0.29) is 0 Å². The molecule has 1 aromatic carbocycles. The summed E-state index contributed by atoms with van der Waals surface area (Å²) < 4.78 is 0. The molecule has 0 radical (unpaired) electrons. The summed E-state index contributed by atoms with van der Waals surface area (Å²) in [7, 11) is 0. The van der Waals surface area contributed by atoms with Crippen molar-refractivity contribution in [3.8, 4) is 22.5 Å². The normalized spacial score (nSPS) is 17.5. The van der Waals surface area contributed by atoms with Gasteiger partial charge in [0.1, 0.15) is 0 Å². The predicted octanol–water partition coefficient (Wildman–Crippen LogP) is 5.51. The molecule has 0 aliphatic heterocycles. The molecule has 1 saturated carbocycles. The zero-order valence-corrected chi connectivity index (χ0v) is 16.7. The van der Waals surface area contributed by atoms with Gasteiger partial charge in [-0.05, 0) is 72.6 Å². The van der Waals surface area contributed by atoms with Crippen LogP contribution in [0.15, 0.2) is 24.3 Å². The predicted molar refractivity (Wildman–Crippen MR) is 110 cm³/mol. The van der Waals surface area contributed by atoms with Gasteiger partial charge in [0.2, 0.25) is 5.82 Å². The number of rotatable bonds is 3. The fraction of sp³-hybridized carbons (Fsp3) is 0.455. The Bertz CT molecular complexity index is 977. The summed E-state index contributed by atoms with van der Waals surface area (Å²) in [5.41, 5.74) is 7.19. The van der Waals surface area contributed by atoms with Crippen molar-refractivity contribution in [1.29, 1.82) is 0 Å². The molecule has 0 spiro atoms. The molecule has 5 nitrogen and oxygen atoms in total. The number of H-pyrrole nitrogens is 1. The second kappa shape index (κ2) is 7.63. The van der Waals surface area contributed by atoms with Crippen molar-refractivity contribution in [3.63, 3.8) is 0 Å². The standard InChI is InChI=1S/C22H24ClN5/c23-16-10-6-9-15(13-16)19-17-11-2-1-3-12-18(17)24-21(14-7-4-5-8-14)20(19)22-25-27-28-26-22/h6,9-10,13-14H,1-5,7-8,11-12H2,(H,25,26,27,28). The van der Waals surface area contributed by atoms with Crippen molar-refractivity contribution in [2.45, 2.75) is 63.7 Å². The van der Waals surface area contributed by atoms with E-state index in [0.29, 0.717) is 11.7 Å². The number of nitrogens with zero attached hydrogens (tertiary/aromatic N) is 4. The first kappa shape index (κ1) is 17.8. The van der Waals surface area contributed by atoms with Crippen LogP contribution in [0.3, 0.4) is 0 Å². The summed E-state index contributed by atoms with van der Waals surface area (Å²) in [6.45, 7) is 0. The van der Waals surface area contributed by atoms with E-state index < -0.39 is 0 Å². The van der Waals surface area contributed by atoms with Gasteiger partial charge >= 0.3 is 0 Å². The van der Waals surface area contributed by atoms with Crippen molar-refractivity contribution in [3.05, 3.63) is 46.2 Å². The smallest absolute Gasteiger partial charge is 0.207 e. The van der Waals surface area contributed by atoms with Crippen molar-refractivity contribution < 1.29 is 0 Å². The van der Waals surface area contributed by atoms with Gasteiger partial charge < -0.3 is 0 Å². The first-order chi connectivity index (χ1) is 13.8. The molecule has 0 saturated heterocycles. The Balaban J connectivity index is 1.84. The summed E-state index contributed by atoms with van der Waals surface area (Å²) in [6.07, 6.45) is 10.6. The Labute approximate surface area is 169 Å². The molecule has 2 aromatic heterocycles. The lowest BCUT2D eigenvalue weighted by molar-refractivity contribution is 0.684. The van der Waals surface area contributed by atoms with Gasteiger partial charge in [0.15, 0.2) is 0 Å². The largest absolute Gasteiger partial charge is 0.256 e. The lowest BCUT2D eigenvalue weighted by Crippen LogP contribution is -2.10. The molecule has 0 amide bonds. The number of tetrazole rings is 1. The van der Waals surface area contributed by atoms with Gasteiger partial charge in [0.05, 0.1) is 11.3 Å². The highest BCUT2D eigenvalue weighted by molar-refractivity contribution is 6.30. The average Bonchev–Trinajstić information content (AvgIpc) is 3.38. The highest BCUT2D eigenvalue weighted by Crippen LogP contribution is 2.45. The zero-order valence-electron chi connectivity index (χ0n) is 15.9. The Morgan fingerprint density at radius 2 is 1.82 bits per heavy atom.